The van der Waals surface area contributed by atoms with Crippen molar-refractivity contribution in [3.8, 4) is 10.4 Å². The summed E-state index contributed by atoms with van der Waals surface area (Å²) >= 11 is 1.32. The minimum Gasteiger partial charge on any atom is -0.431 e. The monoisotopic (exact) mass is 610 g/mol. The average molecular weight is 611 g/mol. The highest BCUT2D eigenvalue weighted by Gasteiger charge is 2.37. The van der Waals surface area contributed by atoms with E-state index in [1.54, 1.807) is 0 Å². The van der Waals surface area contributed by atoms with Crippen LogP contribution >= 0.6 is 11.3 Å². The van der Waals surface area contributed by atoms with Gasteiger partial charge in [0, 0.05) is 23.8 Å². The molecule has 1 aliphatic heterocycles. The standard InChI is InChI=1S/C34H46N2O6S/c1-23-14-16-26(17-15-23)32(37)36(27-18-20-35(3)21-19-27)29-22-30(25-10-6-4-7-11-25)43-31(29)33(38)40-24(2)41-34(39)42-28-12-8-5-9-13-28/h4,6-7,10-11,22-24,26-28H,5,8-9,12-21H2,1-3H3. The zero-order chi connectivity index (χ0) is 30.3. The molecule has 234 valence electrons. The first-order valence-corrected chi connectivity index (χ1v) is 16.9. The number of nitrogens with zero attached hydrogens (tertiary/aromatic N) is 2. The first-order valence-electron chi connectivity index (χ1n) is 16.1. The van der Waals surface area contributed by atoms with E-state index in [0.717, 1.165) is 94.2 Å². The molecule has 3 fully saturated rings. The van der Waals surface area contributed by atoms with E-state index < -0.39 is 18.4 Å². The minimum absolute atomic E-state index is 0.00744. The summed E-state index contributed by atoms with van der Waals surface area (Å²) in [6.07, 6.45) is 8.23. The van der Waals surface area contributed by atoms with Gasteiger partial charge in [0.25, 0.3) is 0 Å². The third kappa shape index (κ3) is 8.18. The molecule has 3 aliphatic rings. The van der Waals surface area contributed by atoms with Crippen molar-refractivity contribution in [2.24, 2.45) is 11.8 Å². The molecule has 0 radical (unpaired) electrons. The van der Waals surface area contributed by atoms with Crippen molar-refractivity contribution >= 4 is 35.1 Å². The second-order valence-electron chi connectivity index (χ2n) is 12.6. The molecule has 0 bridgehead atoms. The van der Waals surface area contributed by atoms with Crippen LogP contribution in [0.5, 0.6) is 0 Å². The molecule has 1 atom stereocenters. The predicted molar refractivity (Wildman–Crippen MR) is 168 cm³/mol. The van der Waals surface area contributed by atoms with Gasteiger partial charge in [-0.1, -0.05) is 43.7 Å². The lowest BCUT2D eigenvalue weighted by Crippen LogP contribution is -2.49. The van der Waals surface area contributed by atoms with Gasteiger partial charge < -0.3 is 24.0 Å². The first kappa shape index (κ1) is 31.5. The molecule has 1 amide bonds. The highest BCUT2D eigenvalue weighted by atomic mass is 32.1. The smallest absolute Gasteiger partial charge is 0.431 e. The van der Waals surface area contributed by atoms with Gasteiger partial charge in [-0.3, -0.25) is 4.79 Å². The number of ether oxygens (including phenoxy) is 3. The van der Waals surface area contributed by atoms with Gasteiger partial charge >= 0.3 is 12.1 Å². The molecule has 8 nitrogen and oxygen atoms in total. The average Bonchev–Trinajstić information content (AvgIpc) is 3.44. The van der Waals surface area contributed by atoms with E-state index in [9.17, 15) is 14.4 Å². The van der Waals surface area contributed by atoms with E-state index in [1.165, 1.54) is 18.3 Å². The van der Waals surface area contributed by atoms with Gasteiger partial charge in [-0.05, 0) is 102 Å². The molecule has 0 N–H and O–H groups in total. The van der Waals surface area contributed by atoms with Gasteiger partial charge in [-0.15, -0.1) is 11.3 Å². The largest absolute Gasteiger partial charge is 0.511 e. The summed E-state index contributed by atoms with van der Waals surface area (Å²) in [5.41, 5.74) is 1.57. The Bertz CT molecular complexity index is 1230. The topological polar surface area (TPSA) is 85.4 Å². The number of carbonyl (C=O) groups excluding carboxylic acids is 3. The van der Waals surface area contributed by atoms with Crippen molar-refractivity contribution in [3.05, 3.63) is 41.3 Å². The van der Waals surface area contributed by atoms with Gasteiger partial charge in [0.05, 0.1) is 5.69 Å². The molecule has 1 unspecified atom stereocenters. The van der Waals surface area contributed by atoms with E-state index in [2.05, 4.69) is 18.9 Å². The highest BCUT2D eigenvalue weighted by Crippen LogP contribution is 2.41. The van der Waals surface area contributed by atoms with Gasteiger partial charge in [0.2, 0.25) is 12.2 Å². The molecule has 2 aromatic rings. The summed E-state index contributed by atoms with van der Waals surface area (Å²) in [6.45, 7) is 5.55. The normalized spacial score (nSPS) is 22.9. The van der Waals surface area contributed by atoms with Crippen molar-refractivity contribution in [1.82, 2.24) is 4.90 Å². The molecule has 1 saturated heterocycles. The fraction of sp³-hybridized carbons (Fsp3) is 0.618. The molecule has 2 aliphatic carbocycles. The number of anilines is 1. The third-order valence-corrected chi connectivity index (χ3v) is 10.4. The summed E-state index contributed by atoms with van der Waals surface area (Å²) in [5, 5.41) is 0. The lowest BCUT2D eigenvalue weighted by molar-refractivity contribution is -0.124. The zero-order valence-electron chi connectivity index (χ0n) is 25.8. The van der Waals surface area contributed by atoms with E-state index in [0.29, 0.717) is 16.5 Å². The van der Waals surface area contributed by atoms with Gasteiger partial charge in [0.1, 0.15) is 11.0 Å². The van der Waals surface area contributed by atoms with Crippen LogP contribution in [-0.2, 0) is 19.0 Å². The van der Waals surface area contributed by atoms with Gasteiger partial charge in [-0.2, -0.15) is 0 Å². The molecule has 0 spiro atoms. The lowest BCUT2D eigenvalue weighted by Gasteiger charge is -2.40. The van der Waals surface area contributed by atoms with Crippen molar-refractivity contribution in [2.45, 2.75) is 103 Å². The van der Waals surface area contributed by atoms with Crippen LogP contribution in [0.15, 0.2) is 36.4 Å². The molecule has 43 heavy (non-hydrogen) atoms. The van der Waals surface area contributed by atoms with Crippen LogP contribution in [0, 0.1) is 11.8 Å². The maximum absolute atomic E-state index is 14.3. The van der Waals surface area contributed by atoms with Crippen molar-refractivity contribution in [2.75, 3.05) is 25.0 Å². The molecule has 1 aromatic heterocycles. The van der Waals surface area contributed by atoms with E-state index in [1.807, 2.05) is 41.3 Å². The molecule has 5 rings (SSSR count). The first-order chi connectivity index (χ1) is 20.8. The number of amides is 1. The number of hydrogen-bond donors (Lipinski definition) is 0. The Morgan fingerprint density at radius 1 is 0.907 bits per heavy atom. The quantitative estimate of drug-likeness (QED) is 0.224. The van der Waals surface area contributed by atoms with Crippen LogP contribution in [0.2, 0.25) is 0 Å². The minimum atomic E-state index is -1.13. The van der Waals surface area contributed by atoms with Crippen LogP contribution in [0.25, 0.3) is 10.4 Å². The summed E-state index contributed by atoms with van der Waals surface area (Å²) in [4.78, 5) is 46.0. The van der Waals surface area contributed by atoms with Gasteiger partial charge in [-0.25, -0.2) is 9.59 Å². The Kier molecular flexibility index (Phi) is 10.8. The molecule has 1 aromatic carbocycles. The number of esters is 1. The number of thiophene rings is 1. The predicted octanol–water partition coefficient (Wildman–Crippen LogP) is 7.66. The fourth-order valence-electron chi connectivity index (χ4n) is 6.61. The van der Waals surface area contributed by atoms with Gasteiger partial charge in [0.15, 0.2) is 0 Å². The van der Waals surface area contributed by atoms with E-state index >= 15 is 0 Å². The summed E-state index contributed by atoms with van der Waals surface area (Å²) in [5.74, 6) is 0.0662. The molecular weight excluding hydrogens is 564 g/mol. The Hall–Kier alpha value is -2.91. The summed E-state index contributed by atoms with van der Waals surface area (Å²) < 4.78 is 16.5. The second-order valence-corrected chi connectivity index (χ2v) is 13.7. The maximum atomic E-state index is 14.3. The van der Waals surface area contributed by atoms with Crippen LogP contribution < -0.4 is 4.90 Å². The number of benzene rings is 1. The number of carbonyl (C=O) groups is 3. The Morgan fingerprint density at radius 2 is 1.58 bits per heavy atom. The maximum Gasteiger partial charge on any atom is 0.511 e. The summed E-state index contributed by atoms with van der Waals surface area (Å²) in [7, 11) is 2.10. The number of hydrogen-bond acceptors (Lipinski definition) is 8. The second kappa shape index (κ2) is 14.7. The highest BCUT2D eigenvalue weighted by molar-refractivity contribution is 7.18. The Balaban J connectivity index is 1.41. The Morgan fingerprint density at radius 3 is 2.26 bits per heavy atom. The molecule has 2 saturated carbocycles. The van der Waals surface area contributed by atoms with Crippen molar-refractivity contribution < 1.29 is 28.6 Å². The van der Waals surface area contributed by atoms with Crippen LogP contribution in [-0.4, -0.2) is 61.5 Å². The Labute approximate surface area is 259 Å². The van der Waals surface area contributed by atoms with Crippen molar-refractivity contribution in [1.29, 1.82) is 0 Å². The van der Waals surface area contributed by atoms with Crippen LogP contribution in [0.1, 0.15) is 94.1 Å². The molecular formula is C34H46N2O6S. The summed E-state index contributed by atoms with van der Waals surface area (Å²) in [6, 6.07) is 11.8. The van der Waals surface area contributed by atoms with Crippen LogP contribution in [0.4, 0.5) is 10.5 Å². The van der Waals surface area contributed by atoms with Crippen LogP contribution in [0.3, 0.4) is 0 Å². The molecule has 2 heterocycles. The number of rotatable bonds is 8. The SMILES string of the molecule is CC1CCC(C(=O)N(c2cc(-c3ccccc3)sc2C(=O)OC(C)OC(=O)OC2CCCCC2)C2CCN(C)CC2)CC1. The molecule has 9 heteroatoms. The third-order valence-electron chi connectivity index (χ3n) is 9.22. The fourth-order valence-corrected chi connectivity index (χ4v) is 7.65. The number of likely N-dealkylation sites (tertiary alicyclic amines) is 1. The van der Waals surface area contributed by atoms with Crippen molar-refractivity contribution in [3.63, 3.8) is 0 Å². The van der Waals surface area contributed by atoms with E-state index in [4.69, 9.17) is 14.2 Å². The lowest BCUT2D eigenvalue weighted by atomic mass is 9.82. The number of piperidine rings is 1. The zero-order valence-corrected chi connectivity index (χ0v) is 26.6. The van der Waals surface area contributed by atoms with E-state index in [-0.39, 0.29) is 24.0 Å².